The van der Waals surface area contributed by atoms with Crippen LogP contribution in [0.3, 0.4) is 0 Å². The van der Waals surface area contributed by atoms with Gasteiger partial charge in [-0.3, -0.25) is 9.71 Å². The second-order valence-electron chi connectivity index (χ2n) is 6.58. The van der Waals surface area contributed by atoms with Crippen LogP contribution < -0.4 is 9.46 Å². The summed E-state index contributed by atoms with van der Waals surface area (Å²) in [6.07, 6.45) is 7.28. The number of rotatable bonds is 7. The number of esters is 1. The maximum atomic E-state index is 12.8. The summed E-state index contributed by atoms with van der Waals surface area (Å²) in [6.45, 7) is -1.17. The summed E-state index contributed by atoms with van der Waals surface area (Å²) in [6, 6.07) is 5.52. The molecule has 1 heterocycles. The lowest BCUT2D eigenvalue weighted by atomic mass is 9.98. The molecule has 1 saturated carbocycles. The molecule has 1 aliphatic carbocycles. The highest BCUT2D eigenvalue weighted by Gasteiger charge is 2.23. The molecule has 1 N–H and O–H groups in total. The number of benzene rings is 1. The Hall–Kier alpha value is -2.20. The van der Waals surface area contributed by atoms with Crippen LogP contribution in [0.1, 0.15) is 42.5 Å². The molecule has 0 aliphatic heterocycles. The number of aromatic nitrogens is 1. The van der Waals surface area contributed by atoms with Crippen LogP contribution in [0, 0.1) is 0 Å². The van der Waals surface area contributed by atoms with Gasteiger partial charge >= 0.3 is 5.97 Å². The third kappa shape index (κ3) is 5.66. The second-order valence-corrected chi connectivity index (χ2v) is 9.14. The molecule has 3 rings (SSSR count). The van der Waals surface area contributed by atoms with Crippen molar-refractivity contribution in [1.82, 2.24) is 4.98 Å². The molecular weight excluding hydrogens is 467 g/mol. The van der Waals surface area contributed by atoms with Gasteiger partial charge in [-0.2, -0.15) is 0 Å². The lowest BCUT2D eigenvalue weighted by molar-refractivity contribution is 0.0210. The van der Waals surface area contributed by atoms with Crippen molar-refractivity contribution in [3.63, 3.8) is 0 Å². The Morgan fingerprint density at radius 3 is 2.69 bits per heavy atom. The molecule has 0 radical (unpaired) electrons. The second kappa shape index (κ2) is 9.53. The summed E-state index contributed by atoms with van der Waals surface area (Å²) in [4.78, 5) is 16.1. The van der Waals surface area contributed by atoms with Crippen molar-refractivity contribution >= 4 is 37.6 Å². The fourth-order valence-corrected chi connectivity index (χ4v) is 4.81. The number of nitrogens with zero attached hydrogens (tertiary/aromatic N) is 1. The maximum absolute atomic E-state index is 12.8. The number of nitrogens with one attached hydrogen (secondary N) is 1. The van der Waals surface area contributed by atoms with E-state index in [-0.39, 0.29) is 28.0 Å². The molecule has 0 amide bonds. The van der Waals surface area contributed by atoms with Crippen molar-refractivity contribution in [2.45, 2.75) is 43.1 Å². The number of halogens is 2. The van der Waals surface area contributed by atoms with Gasteiger partial charge in [0.2, 0.25) is 6.86 Å². The number of sulfonamides is 1. The van der Waals surface area contributed by atoms with E-state index < -0.39 is 22.9 Å². The zero-order chi connectivity index (χ0) is 20.9. The summed E-state index contributed by atoms with van der Waals surface area (Å²) < 4.78 is 51.2. The third-order valence-electron chi connectivity index (χ3n) is 4.46. The Labute approximate surface area is 176 Å². The maximum Gasteiger partial charge on any atom is 0.340 e. The smallest absolute Gasteiger partial charge is 0.340 e. The average molecular weight is 487 g/mol. The normalized spacial score (nSPS) is 15.0. The van der Waals surface area contributed by atoms with Crippen LogP contribution in [-0.4, -0.2) is 32.3 Å². The molecule has 7 nitrogen and oxygen atoms in total. The van der Waals surface area contributed by atoms with Crippen molar-refractivity contribution in [2.24, 2.45) is 0 Å². The van der Waals surface area contributed by atoms with E-state index in [9.17, 15) is 17.6 Å². The molecular formula is C19H20BrFN2O5S. The summed E-state index contributed by atoms with van der Waals surface area (Å²) in [5.74, 6) is -0.682. The number of carbonyl (C=O) groups is 1. The fourth-order valence-electron chi connectivity index (χ4n) is 3.09. The summed E-state index contributed by atoms with van der Waals surface area (Å²) in [5, 5.41) is 0. The minimum atomic E-state index is -4.12. The van der Waals surface area contributed by atoms with Crippen molar-refractivity contribution in [1.29, 1.82) is 0 Å². The van der Waals surface area contributed by atoms with Gasteiger partial charge in [-0.25, -0.2) is 17.6 Å². The Balaban J connectivity index is 1.79. The molecule has 0 unspecified atom stereocenters. The molecule has 1 aromatic carbocycles. The first-order valence-corrected chi connectivity index (χ1v) is 11.3. The van der Waals surface area contributed by atoms with Gasteiger partial charge < -0.3 is 9.47 Å². The van der Waals surface area contributed by atoms with E-state index in [4.69, 9.17) is 9.47 Å². The molecule has 156 valence electrons. The average Bonchev–Trinajstić information content (AvgIpc) is 2.70. The summed E-state index contributed by atoms with van der Waals surface area (Å²) in [7, 11) is -4.12. The van der Waals surface area contributed by atoms with E-state index >= 15 is 0 Å². The summed E-state index contributed by atoms with van der Waals surface area (Å²) in [5.41, 5.74) is 0.222. The Kier molecular flexibility index (Phi) is 7.07. The van der Waals surface area contributed by atoms with Crippen LogP contribution in [0.15, 0.2) is 46.0 Å². The van der Waals surface area contributed by atoms with E-state index in [2.05, 4.69) is 25.6 Å². The molecule has 10 heteroatoms. The molecule has 0 spiro atoms. The number of hydrogen-bond donors (Lipinski definition) is 1. The van der Waals surface area contributed by atoms with Gasteiger partial charge in [0.05, 0.1) is 17.4 Å². The first-order valence-electron chi connectivity index (χ1n) is 9.06. The van der Waals surface area contributed by atoms with Gasteiger partial charge in [0.15, 0.2) is 0 Å². The van der Waals surface area contributed by atoms with Crippen molar-refractivity contribution in [3.8, 4) is 5.75 Å². The quantitative estimate of drug-likeness (QED) is 0.581. The molecule has 0 saturated heterocycles. The fraction of sp³-hybridized carbons (Fsp3) is 0.368. The zero-order valence-corrected chi connectivity index (χ0v) is 17.8. The predicted octanol–water partition coefficient (Wildman–Crippen LogP) is 4.44. The van der Waals surface area contributed by atoms with E-state index in [1.807, 2.05) is 0 Å². The lowest BCUT2D eigenvalue weighted by Crippen LogP contribution is -2.21. The number of anilines is 1. The van der Waals surface area contributed by atoms with Gasteiger partial charge in [0.25, 0.3) is 10.0 Å². The van der Waals surface area contributed by atoms with Crippen LogP contribution in [0.5, 0.6) is 5.75 Å². The highest BCUT2D eigenvalue weighted by molar-refractivity contribution is 9.10. The van der Waals surface area contributed by atoms with Crippen molar-refractivity contribution in [2.75, 3.05) is 11.6 Å². The van der Waals surface area contributed by atoms with Gasteiger partial charge in [0, 0.05) is 10.7 Å². The highest BCUT2D eigenvalue weighted by atomic mass is 79.9. The Bertz CT molecular complexity index is 980. The standard InChI is InChI=1S/C19H20BrFN2O5S/c20-14-6-7-17(27-12-21)18(9-14)29(25,26)23-15-8-13(10-22-11-15)19(24)28-16-4-2-1-3-5-16/h6-11,16,23H,1-5,12H2. The molecule has 1 fully saturated rings. The van der Waals surface area contributed by atoms with Crippen LogP contribution in [-0.2, 0) is 14.8 Å². The zero-order valence-electron chi connectivity index (χ0n) is 15.4. The lowest BCUT2D eigenvalue weighted by Gasteiger charge is -2.21. The van der Waals surface area contributed by atoms with Gasteiger partial charge in [-0.15, -0.1) is 0 Å². The van der Waals surface area contributed by atoms with Crippen LogP contribution in [0.2, 0.25) is 0 Å². The van der Waals surface area contributed by atoms with Crippen molar-refractivity contribution < 1.29 is 27.1 Å². The first-order chi connectivity index (χ1) is 13.9. The van der Waals surface area contributed by atoms with Crippen LogP contribution in [0.25, 0.3) is 0 Å². The molecule has 1 aliphatic rings. The number of hydrogen-bond acceptors (Lipinski definition) is 6. The predicted molar refractivity (Wildman–Crippen MR) is 108 cm³/mol. The molecule has 0 bridgehead atoms. The SMILES string of the molecule is O=C(OC1CCCCC1)c1cncc(NS(=O)(=O)c2cc(Br)ccc2OCF)c1. The van der Waals surface area contributed by atoms with Gasteiger partial charge in [-0.05, 0) is 49.9 Å². The molecule has 2 aromatic rings. The van der Waals surface area contributed by atoms with E-state index in [0.717, 1.165) is 32.1 Å². The Morgan fingerprint density at radius 2 is 1.97 bits per heavy atom. The van der Waals surface area contributed by atoms with E-state index in [0.29, 0.717) is 4.47 Å². The van der Waals surface area contributed by atoms with E-state index in [1.54, 1.807) is 0 Å². The minimum Gasteiger partial charge on any atom is -0.461 e. The largest absolute Gasteiger partial charge is 0.461 e. The molecule has 0 atom stereocenters. The van der Waals surface area contributed by atoms with Gasteiger partial charge in [-0.1, -0.05) is 22.4 Å². The molecule has 29 heavy (non-hydrogen) atoms. The third-order valence-corrected chi connectivity index (χ3v) is 6.35. The topological polar surface area (TPSA) is 94.6 Å². The van der Waals surface area contributed by atoms with Crippen LogP contribution in [0.4, 0.5) is 10.1 Å². The highest BCUT2D eigenvalue weighted by Crippen LogP contribution is 2.29. The minimum absolute atomic E-state index is 0.0780. The first kappa shape index (κ1) is 21.5. The van der Waals surface area contributed by atoms with Crippen molar-refractivity contribution in [3.05, 3.63) is 46.7 Å². The van der Waals surface area contributed by atoms with Crippen LogP contribution >= 0.6 is 15.9 Å². The number of pyridine rings is 1. The van der Waals surface area contributed by atoms with Gasteiger partial charge in [0.1, 0.15) is 16.7 Å². The van der Waals surface area contributed by atoms with E-state index in [1.165, 1.54) is 36.7 Å². The summed E-state index contributed by atoms with van der Waals surface area (Å²) >= 11 is 3.19. The number of carbonyl (C=O) groups excluding carboxylic acids is 1. The number of ether oxygens (including phenoxy) is 2. The molecule has 1 aromatic heterocycles. The monoisotopic (exact) mass is 486 g/mol. The Morgan fingerprint density at radius 1 is 1.21 bits per heavy atom. The number of alkyl halides is 1.